The summed E-state index contributed by atoms with van der Waals surface area (Å²) in [5.74, 6) is 3.43. The Balaban J connectivity index is 1.37. The molecule has 3 aromatic heterocycles. The van der Waals surface area contributed by atoms with Crippen LogP contribution in [0.5, 0.6) is 0 Å². The minimum Gasteiger partial charge on any atom is -0.459 e. The Bertz CT molecular complexity index is 760. The Morgan fingerprint density at radius 2 is 2.36 bits per heavy atom. The highest BCUT2D eigenvalue weighted by atomic mass is 16.4. The van der Waals surface area contributed by atoms with Crippen molar-refractivity contribution in [2.75, 3.05) is 0 Å². The van der Waals surface area contributed by atoms with Gasteiger partial charge in [-0.25, -0.2) is 9.67 Å². The number of nitrogens with zero attached hydrogens (tertiary/aromatic N) is 5. The molecular formula is C14H16N6O2. The average molecular weight is 300 g/mol. The van der Waals surface area contributed by atoms with E-state index in [-0.39, 0.29) is 0 Å². The molecule has 3 aromatic rings. The second-order valence-electron chi connectivity index (χ2n) is 5.35. The third-order valence-corrected chi connectivity index (χ3v) is 3.70. The van der Waals surface area contributed by atoms with Gasteiger partial charge in [0.15, 0.2) is 5.76 Å². The predicted molar refractivity (Wildman–Crippen MR) is 75.7 cm³/mol. The zero-order valence-corrected chi connectivity index (χ0v) is 12.2. The van der Waals surface area contributed by atoms with Crippen molar-refractivity contribution in [3.05, 3.63) is 35.9 Å². The molecule has 4 heterocycles. The molecule has 0 amide bonds. The molecule has 0 saturated carbocycles. The zero-order chi connectivity index (χ0) is 14.9. The molecule has 114 valence electrons. The third kappa shape index (κ3) is 2.52. The molecule has 8 nitrogen and oxygen atoms in total. The fourth-order valence-corrected chi connectivity index (χ4v) is 2.66. The summed E-state index contributed by atoms with van der Waals surface area (Å²) in [7, 11) is 0. The summed E-state index contributed by atoms with van der Waals surface area (Å²) >= 11 is 0. The van der Waals surface area contributed by atoms with E-state index in [0.29, 0.717) is 30.1 Å². The Morgan fingerprint density at radius 3 is 3.23 bits per heavy atom. The topological polar surface area (TPSA) is 94.8 Å². The number of hydrogen-bond acceptors (Lipinski definition) is 7. The van der Waals surface area contributed by atoms with Gasteiger partial charge in [-0.15, -0.1) is 10.2 Å². The maximum absolute atomic E-state index is 5.58. The van der Waals surface area contributed by atoms with Crippen molar-refractivity contribution in [2.45, 2.75) is 38.9 Å². The van der Waals surface area contributed by atoms with Crippen molar-refractivity contribution in [1.29, 1.82) is 0 Å². The van der Waals surface area contributed by atoms with Crippen molar-refractivity contribution in [2.24, 2.45) is 0 Å². The molecule has 8 heteroatoms. The van der Waals surface area contributed by atoms with Gasteiger partial charge in [0.1, 0.15) is 11.6 Å². The first-order chi connectivity index (χ1) is 10.8. The van der Waals surface area contributed by atoms with Crippen LogP contribution >= 0.6 is 0 Å². The summed E-state index contributed by atoms with van der Waals surface area (Å²) in [6.07, 6.45) is 3.54. The van der Waals surface area contributed by atoms with Gasteiger partial charge in [0, 0.05) is 12.5 Å². The van der Waals surface area contributed by atoms with Gasteiger partial charge in [-0.2, -0.15) is 5.10 Å². The lowest BCUT2D eigenvalue weighted by molar-refractivity contribution is 0.341. The van der Waals surface area contributed by atoms with Crippen LogP contribution in [0.15, 0.2) is 27.2 Å². The summed E-state index contributed by atoms with van der Waals surface area (Å²) in [5, 5.41) is 15.8. The number of aromatic nitrogens is 5. The highest BCUT2D eigenvalue weighted by molar-refractivity contribution is 5.42. The zero-order valence-electron chi connectivity index (χ0n) is 12.2. The number of nitrogens with one attached hydrogen (secondary N) is 1. The lowest BCUT2D eigenvalue weighted by atomic mass is 10.1. The van der Waals surface area contributed by atoms with Gasteiger partial charge in [0.2, 0.25) is 5.89 Å². The number of hydrogen-bond donors (Lipinski definition) is 1. The SMILES string of the molecule is Cc1nc2n(n1)C[C@@H](NCc1nnc(-c3ccco3)o1)CC2. The highest BCUT2D eigenvalue weighted by Gasteiger charge is 2.21. The molecule has 0 fully saturated rings. The molecule has 0 aromatic carbocycles. The van der Waals surface area contributed by atoms with Crippen LogP contribution in [0.2, 0.25) is 0 Å². The van der Waals surface area contributed by atoms with E-state index in [2.05, 4.69) is 25.6 Å². The predicted octanol–water partition coefficient (Wildman–Crippen LogP) is 1.33. The lowest BCUT2D eigenvalue weighted by Crippen LogP contribution is -2.37. The van der Waals surface area contributed by atoms with E-state index in [9.17, 15) is 0 Å². The summed E-state index contributed by atoms with van der Waals surface area (Å²) in [5.41, 5.74) is 0. The van der Waals surface area contributed by atoms with Crippen molar-refractivity contribution in [3.8, 4) is 11.7 Å². The van der Waals surface area contributed by atoms with Crippen molar-refractivity contribution >= 4 is 0 Å². The first kappa shape index (κ1) is 13.2. The van der Waals surface area contributed by atoms with Gasteiger partial charge in [0.05, 0.1) is 19.4 Å². The van der Waals surface area contributed by atoms with E-state index in [1.54, 1.807) is 18.4 Å². The van der Waals surface area contributed by atoms with Crippen molar-refractivity contribution in [3.63, 3.8) is 0 Å². The fourth-order valence-electron chi connectivity index (χ4n) is 2.66. The van der Waals surface area contributed by atoms with E-state index in [4.69, 9.17) is 8.83 Å². The number of fused-ring (bicyclic) bond motifs is 1. The Hall–Kier alpha value is -2.48. The second kappa shape index (κ2) is 5.38. The summed E-state index contributed by atoms with van der Waals surface area (Å²) < 4.78 is 12.8. The van der Waals surface area contributed by atoms with Crippen LogP contribution in [-0.4, -0.2) is 31.0 Å². The second-order valence-corrected chi connectivity index (χ2v) is 5.35. The Kier molecular flexibility index (Phi) is 3.23. The molecule has 0 radical (unpaired) electrons. The number of aryl methyl sites for hydroxylation is 2. The normalized spacial score (nSPS) is 17.6. The van der Waals surface area contributed by atoms with Crippen LogP contribution in [0.25, 0.3) is 11.7 Å². The van der Waals surface area contributed by atoms with Gasteiger partial charge in [-0.1, -0.05) is 0 Å². The first-order valence-corrected chi connectivity index (χ1v) is 7.28. The standard InChI is InChI=1S/C14H16N6O2/c1-9-16-12-5-4-10(8-20(12)19-9)15-7-13-17-18-14(22-13)11-3-2-6-21-11/h2-3,6,10,15H,4-5,7-8H2,1H3/t10-/m0/s1. The van der Waals surface area contributed by atoms with Crippen LogP contribution in [0.1, 0.15) is 24.0 Å². The smallest absolute Gasteiger partial charge is 0.283 e. The van der Waals surface area contributed by atoms with Crippen LogP contribution in [-0.2, 0) is 19.5 Å². The Morgan fingerprint density at radius 1 is 1.41 bits per heavy atom. The molecule has 0 bridgehead atoms. The van der Waals surface area contributed by atoms with E-state index in [0.717, 1.165) is 31.0 Å². The minimum atomic E-state index is 0.326. The third-order valence-electron chi connectivity index (χ3n) is 3.70. The van der Waals surface area contributed by atoms with E-state index >= 15 is 0 Å². The fraction of sp³-hybridized carbons (Fsp3) is 0.429. The lowest BCUT2D eigenvalue weighted by Gasteiger charge is -2.22. The first-order valence-electron chi connectivity index (χ1n) is 7.28. The van der Waals surface area contributed by atoms with Crippen LogP contribution in [0.4, 0.5) is 0 Å². The van der Waals surface area contributed by atoms with Gasteiger partial charge >= 0.3 is 0 Å². The molecule has 0 spiro atoms. The molecule has 0 aliphatic carbocycles. The molecular weight excluding hydrogens is 284 g/mol. The maximum Gasteiger partial charge on any atom is 0.283 e. The van der Waals surface area contributed by atoms with E-state index in [1.165, 1.54) is 0 Å². The Labute approximate surface area is 126 Å². The van der Waals surface area contributed by atoms with Gasteiger partial charge in [-0.05, 0) is 25.5 Å². The molecule has 1 aliphatic heterocycles. The maximum atomic E-state index is 5.58. The molecule has 1 N–H and O–H groups in total. The van der Waals surface area contributed by atoms with E-state index < -0.39 is 0 Å². The van der Waals surface area contributed by atoms with Crippen LogP contribution in [0, 0.1) is 6.92 Å². The van der Waals surface area contributed by atoms with Crippen molar-refractivity contribution < 1.29 is 8.83 Å². The highest BCUT2D eigenvalue weighted by Crippen LogP contribution is 2.18. The molecule has 1 atom stereocenters. The van der Waals surface area contributed by atoms with Crippen molar-refractivity contribution in [1.82, 2.24) is 30.3 Å². The van der Waals surface area contributed by atoms with Crippen LogP contribution in [0.3, 0.4) is 0 Å². The molecule has 0 unspecified atom stereocenters. The van der Waals surface area contributed by atoms with Gasteiger partial charge in [-0.3, -0.25) is 0 Å². The average Bonchev–Trinajstić information content (AvgIpc) is 3.23. The summed E-state index contributed by atoms with van der Waals surface area (Å²) in [6.45, 7) is 3.26. The number of rotatable bonds is 4. The molecule has 4 rings (SSSR count). The quantitative estimate of drug-likeness (QED) is 0.776. The monoisotopic (exact) mass is 300 g/mol. The molecule has 0 saturated heterocycles. The van der Waals surface area contributed by atoms with Gasteiger partial charge < -0.3 is 14.2 Å². The van der Waals surface area contributed by atoms with Crippen LogP contribution < -0.4 is 5.32 Å². The number of furan rings is 1. The summed E-state index contributed by atoms with van der Waals surface area (Å²) in [6, 6.07) is 3.91. The summed E-state index contributed by atoms with van der Waals surface area (Å²) in [4.78, 5) is 4.41. The van der Waals surface area contributed by atoms with Gasteiger partial charge in [0.25, 0.3) is 5.89 Å². The molecule has 1 aliphatic rings. The van der Waals surface area contributed by atoms with E-state index in [1.807, 2.05) is 11.6 Å². The largest absolute Gasteiger partial charge is 0.459 e. The molecule has 22 heavy (non-hydrogen) atoms. The minimum absolute atomic E-state index is 0.326.